The van der Waals surface area contributed by atoms with E-state index in [1.165, 1.54) is 17.2 Å². The molecule has 3 heterocycles. The largest absolute Gasteiger partial charge is 0.322 e. The monoisotopic (exact) mass is 412 g/mol. The van der Waals surface area contributed by atoms with Gasteiger partial charge in [0.25, 0.3) is 5.91 Å². The highest BCUT2D eigenvalue weighted by Gasteiger charge is 2.37. The van der Waals surface area contributed by atoms with Crippen LogP contribution in [0.25, 0.3) is 0 Å². The lowest BCUT2D eigenvalue weighted by Gasteiger charge is -2.33. The third kappa shape index (κ3) is 3.37. The zero-order valence-electron chi connectivity index (χ0n) is 16.8. The molecule has 2 aromatic rings. The minimum Gasteiger partial charge on any atom is -0.317 e. The average Bonchev–Trinajstić information content (AvgIpc) is 2.98. The van der Waals surface area contributed by atoms with Crippen LogP contribution in [0.1, 0.15) is 41.2 Å². The Morgan fingerprint density at radius 1 is 1.40 bits per heavy atom. The lowest BCUT2D eigenvalue weighted by Crippen LogP contribution is -2.45. The molecule has 2 aliphatic heterocycles. The van der Waals surface area contributed by atoms with Crippen molar-refractivity contribution in [3.05, 3.63) is 46.5 Å². The summed E-state index contributed by atoms with van der Waals surface area (Å²) in [6, 6.07) is 5.02. The molecule has 0 saturated carbocycles. The minimum atomic E-state index is -0.645. The molecule has 4 rings (SSSR count). The first kappa shape index (κ1) is 19.8. The predicted molar refractivity (Wildman–Crippen MR) is 104 cm³/mol. The first-order valence-corrected chi connectivity index (χ1v) is 9.59. The molecule has 1 aromatic heterocycles. The summed E-state index contributed by atoms with van der Waals surface area (Å²) >= 11 is 0. The first-order chi connectivity index (χ1) is 14.3. The number of carbonyl (C=O) groups is 2. The SMILES string of the molecule is C[C@@H]1Cc2nn3c(c2CN1C(=O)Nc1ccc(F)c(C#N)c1)C(=O)N(C)O[C@@H](C)C3. The smallest absolute Gasteiger partial charge is 0.317 e. The van der Waals surface area contributed by atoms with Crippen LogP contribution >= 0.6 is 0 Å². The van der Waals surface area contributed by atoms with Crippen LogP contribution < -0.4 is 5.32 Å². The number of fused-ring (bicyclic) bond motifs is 3. The number of amides is 3. The third-order valence-electron chi connectivity index (χ3n) is 5.34. The molecule has 1 N–H and O–H groups in total. The van der Waals surface area contributed by atoms with Crippen LogP contribution in [0.4, 0.5) is 14.9 Å². The lowest BCUT2D eigenvalue weighted by atomic mass is 9.99. The van der Waals surface area contributed by atoms with Crippen LogP contribution in [-0.4, -0.2) is 50.9 Å². The lowest BCUT2D eigenvalue weighted by molar-refractivity contribution is -0.141. The average molecular weight is 412 g/mol. The van der Waals surface area contributed by atoms with Gasteiger partial charge in [-0.15, -0.1) is 0 Å². The fourth-order valence-electron chi connectivity index (χ4n) is 3.87. The second kappa shape index (κ2) is 7.42. The molecule has 0 bridgehead atoms. The Hall–Kier alpha value is -3.45. The highest BCUT2D eigenvalue weighted by atomic mass is 19.1. The van der Waals surface area contributed by atoms with Crippen molar-refractivity contribution >= 4 is 17.6 Å². The summed E-state index contributed by atoms with van der Waals surface area (Å²) in [5, 5.41) is 17.5. The van der Waals surface area contributed by atoms with E-state index in [-0.39, 0.29) is 30.2 Å². The predicted octanol–water partition coefficient (Wildman–Crippen LogP) is 2.28. The van der Waals surface area contributed by atoms with Gasteiger partial charge >= 0.3 is 6.03 Å². The molecule has 0 radical (unpaired) electrons. The number of benzene rings is 1. The van der Waals surface area contributed by atoms with Crippen molar-refractivity contribution < 1.29 is 18.8 Å². The highest BCUT2D eigenvalue weighted by Crippen LogP contribution is 2.29. The molecular formula is C20H21FN6O3. The summed E-state index contributed by atoms with van der Waals surface area (Å²) in [6.07, 6.45) is 0.285. The molecule has 156 valence electrons. The van der Waals surface area contributed by atoms with E-state index >= 15 is 0 Å². The fraction of sp³-hybridized carbons (Fsp3) is 0.400. The second-order valence-corrected chi connectivity index (χ2v) is 7.59. The van der Waals surface area contributed by atoms with Gasteiger partial charge in [-0.3, -0.25) is 14.3 Å². The number of hydrogen-bond acceptors (Lipinski definition) is 5. The molecular weight excluding hydrogens is 391 g/mol. The van der Waals surface area contributed by atoms with Crippen molar-refractivity contribution in [2.45, 2.75) is 45.5 Å². The van der Waals surface area contributed by atoms with Crippen molar-refractivity contribution in [3.8, 4) is 6.07 Å². The molecule has 0 fully saturated rings. The number of aromatic nitrogens is 2. The third-order valence-corrected chi connectivity index (χ3v) is 5.34. The van der Waals surface area contributed by atoms with Crippen molar-refractivity contribution in [1.29, 1.82) is 5.26 Å². The zero-order valence-corrected chi connectivity index (χ0v) is 16.8. The van der Waals surface area contributed by atoms with Crippen LogP contribution in [0.3, 0.4) is 0 Å². The Morgan fingerprint density at radius 3 is 2.90 bits per heavy atom. The Kier molecular flexibility index (Phi) is 4.91. The summed E-state index contributed by atoms with van der Waals surface area (Å²) in [7, 11) is 1.56. The summed E-state index contributed by atoms with van der Waals surface area (Å²) in [5.41, 5.74) is 2.10. The van der Waals surface area contributed by atoms with Crippen LogP contribution in [0.15, 0.2) is 18.2 Å². The first-order valence-electron chi connectivity index (χ1n) is 9.59. The highest BCUT2D eigenvalue weighted by molar-refractivity contribution is 5.94. The zero-order chi connectivity index (χ0) is 21.6. The van der Waals surface area contributed by atoms with Crippen molar-refractivity contribution in [2.24, 2.45) is 0 Å². The van der Waals surface area contributed by atoms with Crippen molar-refractivity contribution in [3.63, 3.8) is 0 Å². The van der Waals surface area contributed by atoms with E-state index in [0.717, 1.165) is 11.8 Å². The van der Waals surface area contributed by atoms with Crippen molar-refractivity contribution in [1.82, 2.24) is 19.7 Å². The van der Waals surface area contributed by atoms with E-state index in [1.54, 1.807) is 22.7 Å². The normalized spacial score (nSPS) is 20.8. The Bertz CT molecular complexity index is 1080. The molecule has 0 saturated heterocycles. The van der Waals surface area contributed by atoms with Crippen LogP contribution in [0.5, 0.6) is 0 Å². The summed E-state index contributed by atoms with van der Waals surface area (Å²) in [5.74, 6) is -0.951. The molecule has 1 aromatic carbocycles. The molecule has 3 amide bonds. The molecule has 0 aliphatic carbocycles. The van der Waals surface area contributed by atoms with Gasteiger partial charge in [-0.05, 0) is 32.0 Å². The Morgan fingerprint density at radius 2 is 2.17 bits per heavy atom. The standard InChI is InChI=1S/C20H21FN6O3/c1-11-6-17-15(18-19(28)25(3)30-12(2)9-27(18)24-17)10-26(11)20(29)23-14-4-5-16(21)13(7-14)8-22/h4-5,7,11-12H,6,9-10H2,1-3H3,(H,23,29)/t11-,12+/m1/s1. The summed E-state index contributed by atoms with van der Waals surface area (Å²) < 4.78 is 15.2. The van der Waals surface area contributed by atoms with E-state index < -0.39 is 11.8 Å². The maximum absolute atomic E-state index is 13.5. The van der Waals surface area contributed by atoms with Gasteiger partial charge in [0.1, 0.15) is 23.7 Å². The number of carbonyl (C=O) groups excluding carboxylic acids is 2. The van der Waals surface area contributed by atoms with E-state index in [4.69, 9.17) is 10.1 Å². The number of nitrogens with zero attached hydrogens (tertiary/aromatic N) is 5. The Labute approximate surface area is 172 Å². The fourth-order valence-corrected chi connectivity index (χ4v) is 3.87. The van der Waals surface area contributed by atoms with Gasteiger partial charge in [0, 0.05) is 30.8 Å². The number of hydrogen-bond donors (Lipinski definition) is 1. The number of nitriles is 1. The molecule has 2 aliphatic rings. The quantitative estimate of drug-likeness (QED) is 0.774. The van der Waals surface area contributed by atoms with Crippen LogP contribution in [-0.2, 0) is 24.3 Å². The number of anilines is 1. The van der Waals surface area contributed by atoms with Gasteiger partial charge in [0.2, 0.25) is 0 Å². The molecule has 9 nitrogen and oxygen atoms in total. The molecule has 2 atom stereocenters. The molecule has 0 spiro atoms. The van der Waals surface area contributed by atoms with Crippen molar-refractivity contribution in [2.75, 3.05) is 12.4 Å². The topological polar surface area (TPSA) is 103 Å². The number of urea groups is 1. The number of halogens is 1. The molecule has 10 heteroatoms. The van der Waals surface area contributed by atoms with Gasteiger partial charge in [-0.25, -0.2) is 14.2 Å². The van der Waals surface area contributed by atoms with Gasteiger partial charge < -0.3 is 10.2 Å². The van der Waals surface area contributed by atoms with Crippen LogP contribution in [0.2, 0.25) is 0 Å². The van der Waals surface area contributed by atoms with E-state index in [1.807, 2.05) is 13.8 Å². The van der Waals surface area contributed by atoms with E-state index in [9.17, 15) is 14.0 Å². The van der Waals surface area contributed by atoms with Gasteiger partial charge in [0.15, 0.2) is 0 Å². The minimum absolute atomic E-state index is 0.147. The number of nitrogens with one attached hydrogen (secondary N) is 1. The number of rotatable bonds is 1. The summed E-state index contributed by atoms with van der Waals surface area (Å²) in [6.45, 7) is 4.40. The van der Waals surface area contributed by atoms with Gasteiger partial charge in [0.05, 0.1) is 24.3 Å². The maximum Gasteiger partial charge on any atom is 0.322 e. The maximum atomic E-state index is 13.5. The molecule has 0 unspecified atom stereocenters. The van der Waals surface area contributed by atoms with E-state index in [2.05, 4.69) is 10.4 Å². The van der Waals surface area contributed by atoms with Gasteiger partial charge in [-0.2, -0.15) is 10.4 Å². The molecule has 30 heavy (non-hydrogen) atoms. The second-order valence-electron chi connectivity index (χ2n) is 7.59. The Balaban J connectivity index is 1.61. The van der Waals surface area contributed by atoms with E-state index in [0.29, 0.717) is 29.9 Å². The van der Waals surface area contributed by atoms with Crippen LogP contribution in [0, 0.1) is 17.1 Å². The van der Waals surface area contributed by atoms with Gasteiger partial charge in [-0.1, -0.05) is 0 Å². The number of hydroxylamine groups is 2. The summed E-state index contributed by atoms with van der Waals surface area (Å²) in [4.78, 5) is 32.9.